The van der Waals surface area contributed by atoms with Gasteiger partial charge in [-0.15, -0.1) is 0 Å². The normalized spacial score (nSPS) is 17.6. The van der Waals surface area contributed by atoms with Gasteiger partial charge < -0.3 is 5.73 Å². The number of carbonyl (C=O) groups is 1. The van der Waals surface area contributed by atoms with Crippen LogP contribution < -0.4 is 17.0 Å². The summed E-state index contributed by atoms with van der Waals surface area (Å²) in [4.78, 5) is 40.8. The molecule has 28 heavy (non-hydrogen) atoms. The lowest BCUT2D eigenvalue weighted by molar-refractivity contribution is 0.0858. The molecule has 2 heterocycles. The van der Waals surface area contributed by atoms with E-state index < -0.39 is 11.2 Å². The summed E-state index contributed by atoms with van der Waals surface area (Å²) in [6.45, 7) is 5.19. The van der Waals surface area contributed by atoms with Gasteiger partial charge in [-0.2, -0.15) is 0 Å². The maximum atomic E-state index is 13.0. The smallest absolute Gasteiger partial charge is 0.332 e. The molecule has 0 bridgehead atoms. The zero-order chi connectivity index (χ0) is 20.3. The molecule has 1 aliphatic heterocycles. The number of rotatable bonds is 6. The van der Waals surface area contributed by atoms with E-state index in [1.54, 1.807) is 6.92 Å². The highest BCUT2D eigenvalue weighted by Gasteiger charge is 2.26. The van der Waals surface area contributed by atoms with Crippen molar-refractivity contribution >= 4 is 11.6 Å². The van der Waals surface area contributed by atoms with Crippen LogP contribution in [-0.2, 0) is 13.1 Å². The Morgan fingerprint density at radius 1 is 1.14 bits per heavy atom. The van der Waals surface area contributed by atoms with Crippen LogP contribution in [0.15, 0.2) is 39.9 Å². The number of likely N-dealkylation sites (tertiary alicyclic amines) is 1. The van der Waals surface area contributed by atoms with Crippen molar-refractivity contribution in [3.05, 3.63) is 62.3 Å². The summed E-state index contributed by atoms with van der Waals surface area (Å²) < 4.78 is 2.42. The monoisotopic (exact) mass is 384 g/mol. The van der Waals surface area contributed by atoms with Crippen LogP contribution in [0.25, 0.3) is 0 Å². The molecule has 2 aromatic rings. The second-order valence-electron chi connectivity index (χ2n) is 7.40. The molecule has 1 fully saturated rings. The Morgan fingerprint density at radius 2 is 1.86 bits per heavy atom. The van der Waals surface area contributed by atoms with Crippen molar-refractivity contribution in [3.8, 4) is 0 Å². The summed E-state index contributed by atoms with van der Waals surface area (Å²) in [5, 5.41) is 0. The molecule has 1 aliphatic rings. The zero-order valence-electron chi connectivity index (χ0n) is 16.6. The van der Waals surface area contributed by atoms with Gasteiger partial charge in [0.25, 0.3) is 5.56 Å². The van der Waals surface area contributed by atoms with Gasteiger partial charge in [0.15, 0.2) is 5.78 Å². The van der Waals surface area contributed by atoms with E-state index in [1.807, 2.05) is 30.3 Å². The predicted molar refractivity (Wildman–Crippen MR) is 110 cm³/mol. The molecule has 1 unspecified atom stereocenters. The Hall–Kier alpha value is -2.67. The molecule has 3 rings (SSSR count). The number of hydrogen-bond donors (Lipinski definition) is 1. The minimum atomic E-state index is -0.594. The van der Waals surface area contributed by atoms with Gasteiger partial charge in [0.05, 0.1) is 13.1 Å². The second-order valence-corrected chi connectivity index (χ2v) is 7.40. The van der Waals surface area contributed by atoms with E-state index in [9.17, 15) is 14.4 Å². The van der Waals surface area contributed by atoms with Crippen LogP contribution in [0.2, 0.25) is 0 Å². The summed E-state index contributed by atoms with van der Waals surface area (Å²) >= 11 is 0. The highest BCUT2D eigenvalue weighted by Crippen LogP contribution is 2.17. The molecule has 1 aromatic carbocycles. The van der Waals surface area contributed by atoms with E-state index in [2.05, 4.69) is 11.8 Å². The standard InChI is InChI=1S/C21H28N4O3/c1-3-24-20(27)18(17(26)14-23-12-8-7-9-15(23)2)19(22)25(21(24)28)13-16-10-5-4-6-11-16/h4-6,10-11,15H,3,7-9,12-14,22H2,1-2H3. The van der Waals surface area contributed by atoms with Crippen LogP contribution in [0, 0.1) is 0 Å². The van der Waals surface area contributed by atoms with Crippen molar-refractivity contribution in [1.29, 1.82) is 0 Å². The van der Waals surface area contributed by atoms with Crippen LogP contribution in [0.4, 0.5) is 5.82 Å². The van der Waals surface area contributed by atoms with Crippen molar-refractivity contribution in [2.75, 3.05) is 18.8 Å². The molecule has 7 nitrogen and oxygen atoms in total. The Kier molecular flexibility index (Phi) is 6.14. The summed E-state index contributed by atoms with van der Waals surface area (Å²) in [5.74, 6) is -0.363. The lowest BCUT2D eigenvalue weighted by Gasteiger charge is -2.32. The number of piperidine rings is 1. The quantitative estimate of drug-likeness (QED) is 0.766. The first-order chi connectivity index (χ1) is 13.4. The first-order valence-electron chi connectivity index (χ1n) is 9.88. The molecule has 2 N–H and O–H groups in total. The topological polar surface area (TPSA) is 90.3 Å². The van der Waals surface area contributed by atoms with Crippen LogP contribution in [-0.4, -0.2) is 38.9 Å². The lowest BCUT2D eigenvalue weighted by atomic mass is 10.0. The fourth-order valence-electron chi connectivity index (χ4n) is 3.83. The highest BCUT2D eigenvalue weighted by molar-refractivity contribution is 6.01. The molecule has 0 aliphatic carbocycles. The number of benzene rings is 1. The minimum Gasteiger partial charge on any atom is -0.384 e. The first-order valence-corrected chi connectivity index (χ1v) is 9.88. The Labute approximate surface area is 164 Å². The van der Waals surface area contributed by atoms with E-state index in [0.717, 1.165) is 35.9 Å². The fourth-order valence-corrected chi connectivity index (χ4v) is 3.83. The van der Waals surface area contributed by atoms with Gasteiger partial charge in [0, 0.05) is 12.6 Å². The van der Waals surface area contributed by atoms with Gasteiger partial charge in [0.2, 0.25) is 0 Å². The van der Waals surface area contributed by atoms with Crippen molar-refractivity contribution < 1.29 is 4.79 Å². The molecule has 1 aromatic heterocycles. The fraction of sp³-hybridized carbons (Fsp3) is 0.476. The Morgan fingerprint density at radius 3 is 2.50 bits per heavy atom. The van der Waals surface area contributed by atoms with Crippen molar-refractivity contribution in [2.45, 2.75) is 52.2 Å². The van der Waals surface area contributed by atoms with Crippen LogP contribution in [0.1, 0.15) is 49.0 Å². The number of carbonyl (C=O) groups excluding carboxylic acids is 1. The minimum absolute atomic E-state index is 0.0433. The van der Waals surface area contributed by atoms with Crippen molar-refractivity contribution in [2.24, 2.45) is 0 Å². The number of aromatic nitrogens is 2. The average molecular weight is 384 g/mol. The number of nitrogens with zero attached hydrogens (tertiary/aromatic N) is 3. The first kappa shape index (κ1) is 20.1. The maximum absolute atomic E-state index is 13.0. The average Bonchev–Trinajstić information content (AvgIpc) is 2.68. The van der Waals surface area contributed by atoms with Crippen molar-refractivity contribution in [1.82, 2.24) is 14.0 Å². The van der Waals surface area contributed by atoms with Crippen LogP contribution in [0.3, 0.4) is 0 Å². The van der Waals surface area contributed by atoms with Gasteiger partial charge in [-0.05, 0) is 38.8 Å². The maximum Gasteiger partial charge on any atom is 0.332 e. The largest absolute Gasteiger partial charge is 0.384 e. The third-order valence-corrected chi connectivity index (χ3v) is 5.53. The number of ketones is 1. The van der Waals surface area contributed by atoms with Gasteiger partial charge in [0.1, 0.15) is 11.4 Å². The highest BCUT2D eigenvalue weighted by atomic mass is 16.2. The van der Waals surface area contributed by atoms with Gasteiger partial charge in [-0.3, -0.25) is 23.6 Å². The van der Waals surface area contributed by atoms with Crippen molar-refractivity contribution in [3.63, 3.8) is 0 Å². The van der Waals surface area contributed by atoms with Gasteiger partial charge in [-0.1, -0.05) is 36.8 Å². The number of hydrogen-bond acceptors (Lipinski definition) is 5. The molecular weight excluding hydrogens is 356 g/mol. The second kappa shape index (κ2) is 8.56. The predicted octanol–water partition coefficient (Wildman–Crippen LogP) is 1.72. The van der Waals surface area contributed by atoms with Gasteiger partial charge in [-0.25, -0.2) is 4.79 Å². The lowest BCUT2D eigenvalue weighted by Crippen LogP contribution is -2.46. The third kappa shape index (κ3) is 3.94. The third-order valence-electron chi connectivity index (χ3n) is 5.53. The summed E-state index contributed by atoms with van der Waals surface area (Å²) in [5.41, 5.74) is 5.93. The number of Topliss-reactive ketones (excluding diaryl/α,β-unsaturated/α-hetero) is 1. The number of anilines is 1. The van der Waals surface area contributed by atoms with Gasteiger partial charge >= 0.3 is 5.69 Å². The van der Waals surface area contributed by atoms with E-state index in [-0.39, 0.29) is 36.8 Å². The molecule has 0 radical (unpaired) electrons. The molecule has 1 atom stereocenters. The van der Waals surface area contributed by atoms with E-state index in [4.69, 9.17) is 5.73 Å². The molecule has 0 spiro atoms. The van der Waals surface area contributed by atoms with Crippen LogP contribution >= 0.6 is 0 Å². The Balaban J connectivity index is 2.02. The number of nitrogens with two attached hydrogens (primary N) is 1. The SMILES string of the molecule is CCn1c(=O)c(C(=O)CN2CCCCC2C)c(N)n(Cc2ccccc2)c1=O. The van der Waals surface area contributed by atoms with Crippen LogP contribution in [0.5, 0.6) is 0 Å². The molecule has 0 saturated carbocycles. The summed E-state index contributed by atoms with van der Waals surface area (Å²) in [6.07, 6.45) is 3.23. The van der Waals surface area contributed by atoms with E-state index >= 15 is 0 Å². The molecule has 0 amide bonds. The molecular formula is C21H28N4O3. The molecule has 7 heteroatoms. The molecule has 1 saturated heterocycles. The zero-order valence-corrected chi connectivity index (χ0v) is 16.6. The molecule has 150 valence electrons. The summed E-state index contributed by atoms with van der Waals surface area (Å²) in [6, 6.07) is 9.68. The Bertz CT molecular complexity index is 962. The van der Waals surface area contributed by atoms with E-state index in [1.165, 1.54) is 4.57 Å². The van der Waals surface area contributed by atoms with E-state index in [0.29, 0.717) is 6.04 Å². The summed E-state index contributed by atoms with van der Waals surface area (Å²) in [7, 11) is 0. The number of nitrogen functional groups attached to an aromatic ring is 1.